The van der Waals surface area contributed by atoms with Crippen molar-refractivity contribution in [3.63, 3.8) is 0 Å². The smallest absolute Gasteiger partial charge is 0.249 e. The summed E-state index contributed by atoms with van der Waals surface area (Å²) >= 11 is 1.53. The van der Waals surface area contributed by atoms with Crippen LogP contribution < -0.4 is 10.6 Å². The Hall–Kier alpha value is -2.67. The first-order valence-corrected chi connectivity index (χ1v) is 9.11. The number of carbonyl (C=O) groups excluding carboxylic acids is 2. The van der Waals surface area contributed by atoms with Crippen LogP contribution in [-0.4, -0.2) is 27.8 Å². The molecule has 25 heavy (non-hydrogen) atoms. The number of aromatic amines is 1. The monoisotopic (exact) mass is 356 g/mol. The molecular weight excluding hydrogens is 336 g/mol. The predicted octanol–water partition coefficient (Wildman–Crippen LogP) is 3.09. The van der Waals surface area contributed by atoms with Crippen LogP contribution in [0.2, 0.25) is 0 Å². The lowest BCUT2D eigenvalue weighted by molar-refractivity contribution is -0.126. The minimum Gasteiger partial charge on any atom is -0.344 e. The van der Waals surface area contributed by atoms with Crippen molar-refractivity contribution in [1.82, 2.24) is 15.3 Å². The summed E-state index contributed by atoms with van der Waals surface area (Å²) in [6, 6.07) is 10.8. The summed E-state index contributed by atoms with van der Waals surface area (Å²) in [6.45, 7) is 1.98. The zero-order valence-electron chi connectivity index (χ0n) is 13.9. The van der Waals surface area contributed by atoms with Gasteiger partial charge in [-0.15, -0.1) is 11.3 Å². The minimum atomic E-state index is -0.578. The SMILES string of the molecule is CCC[C@@H](NC(=O)Cc1cccs1)C(=O)Nc1nc2ccccc2[nH]1. The zero-order chi connectivity index (χ0) is 17.6. The van der Waals surface area contributed by atoms with E-state index in [0.717, 1.165) is 22.3 Å². The van der Waals surface area contributed by atoms with E-state index in [4.69, 9.17) is 0 Å². The lowest BCUT2D eigenvalue weighted by Gasteiger charge is -2.16. The molecule has 0 spiro atoms. The molecule has 1 aromatic carbocycles. The first-order chi connectivity index (χ1) is 12.2. The standard InChI is InChI=1S/C18H20N4O2S/c1-2-6-15(19-16(23)11-12-7-5-10-25-12)17(24)22-18-20-13-8-3-4-9-14(13)21-18/h3-5,7-10,15H,2,6,11H2,1H3,(H,19,23)(H2,20,21,22,24)/t15-/m1/s1. The molecule has 2 aromatic heterocycles. The van der Waals surface area contributed by atoms with Crippen LogP contribution in [0.5, 0.6) is 0 Å². The number of thiophene rings is 1. The van der Waals surface area contributed by atoms with E-state index in [1.54, 1.807) is 0 Å². The van der Waals surface area contributed by atoms with E-state index in [0.29, 0.717) is 12.4 Å². The molecule has 0 radical (unpaired) electrons. The summed E-state index contributed by atoms with van der Waals surface area (Å²) in [6.07, 6.45) is 1.65. The number of fused-ring (bicyclic) bond motifs is 1. The number of imidazole rings is 1. The lowest BCUT2D eigenvalue weighted by atomic mass is 10.1. The molecule has 0 bridgehead atoms. The van der Waals surface area contributed by atoms with Crippen LogP contribution in [0, 0.1) is 0 Å². The van der Waals surface area contributed by atoms with Crippen molar-refractivity contribution in [3.05, 3.63) is 46.7 Å². The lowest BCUT2D eigenvalue weighted by Crippen LogP contribution is -2.44. The van der Waals surface area contributed by atoms with Crippen LogP contribution in [0.3, 0.4) is 0 Å². The Bertz CT molecular complexity index is 824. The van der Waals surface area contributed by atoms with Crippen molar-refractivity contribution in [2.75, 3.05) is 5.32 Å². The molecule has 0 saturated carbocycles. The molecule has 2 heterocycles. The van der Waals surface area contributed by atoms with Gasteiger partial charge in [0.15, 0.2) is 0 Å². The molecule has 3 N–H and O–H groups in total. The highest BCUT2D eigenvalue weighted by atomic mass is 32.1. The number of para-hydroxylation sites is 2. The number of anilines is 1. The fraction of sp³-hybridized carbons (Fsp3) is 0.278. The van der Waals surface area contributed by atoms with Gasteiger partial charge in [0.25, 0.3) is 0 Å². The molecule has 7 heteroatoms. The van der Waals surface area contributed by atoms with E-state index >= 15 is 0 Å². The van der Waals surface area contributed by atoms with E-state index in [1.165, 1.54) is 11.3 Å². The van der Waals surface area contributed by atoms with E-state index in [-0.39, 0.29) is 18.2 Å². The van der Waals surface area contributed by atoms with Gasteiger partial charge in [0.1, 0.15) is 6.04 Å². The molecule has 0 aliphatic heterocycles. The number of H-pyrrole nitrogens is 1. The molecular formula is C18H20N4O2S. The van der Waals surface area contributed by atoms with Gasteiger partial charge in [-0.05, 0) is 30.0 Å². The van der Waals surface area contributed by atoms with Crippen LogP contribution in [0.25, 0.3) is 11.0 Å². The number of hydrogen-bond donors (Lipinski definition) is 3. The molecule has 0 aliphatic carbocycles. The highest BCUT2D eigenvalue weighted by Crippen LogP contribution is 2.14. The third kappa shape index (κ3) is 4.45. The number of hydrogen-bond acceptors (Lipinski definition) is 4. The molecule has 3 rings (SSSR count). The maximum Gasteiger partial charge on any atom is 0.249 e. The van der Waals surface area contributed by atoms with Gasteiger partial charge < -0.3 is 10.3 Å². The second-order valence-corrected chi connectivity index (χ2v) is 6.79. The van der Waals surface area contributed by atoms with Crippen LogP contribution in [0.4, 0.5) is 5.95 Å². The zero-order valence-corrected chi connectivity index (χ0v) is 14.7. The van der Waals surface area contributed by atoms with Gasteiger partial charge in [0, 0.05) is 4.88 Å². The fourth-order valence-corrected chi connectivity index (χ4v) is 3.29. The third-order valence-electron chi connectivity index (χ3n) is 3.77. The number of carbonyl (C=O) groups is 2. The second kappa shape index (κ2) is 7.94. The average Bonchev–Trinajstić information content (AvgIpc) is 3.23. The topological polar surface area (TPSA) is 86.9 Å². The average molecular weight is 356 g/mol. The van der Waals surface area contributed by atoms with Crippen LogP contribution in [0.15, 0.2) is 41.8 Å². The number of benzene rings is 1. The van der Waals surface area contributed by atoms with Gasteiger partial charge in [-0.3, -0.25) is 14.9 Å². The number of aromatic nitrogens is 2. The second-order valence-electron chi connectivity index (χ2n) is 5.76. The van der Waals surface area contributed by atoms with Gasteiger partial charge in [-0.2, -0.15) is 0 Å². The fourth-order valence-electron chi connectivity index (χ4n) is 2.59. The Morgan fingerprint density at radius 3 is 2.80 bits per heavy atom. The van der Waals surface area contributed by atoms with Crippen molar-refractivity contribution in [2.45, 2.75) is 32.2 Å². The van der Waals surface area contributed by atoms with Gasteiger partial charge in [-0.25, -0.2) is 4.98 Å². The number of amides is 2. The Kier molecular flexibility index (Phi) is 5.45. The molecule has 0 unspecified atom stereocenters. The number of nitrogens with one attached hydrogen (secondary N) is 3. The van der Waals surface area contributed by atoms with Crippen molar-refractivity contribution in [1.29, 1.82) is 0 Å². The van der Waals surface area contributed by atoms with Crippen LogP contribution >= 0.6 is 11.3 Å². The first kappa shape index (κ1) is 17.2. The Labute approximate surface area is 149 Å². The third-order valence-corrected chi connectivity index (χ3v) is 4.65. The maximum atomic E-state index is 12.5. The van der Waals surface area contributed by atoms with Crippen molar-refractivity contribution in [3.8, 4) is 0 Å². The number of rotatable bonds is 7. The summed E-state index contributed by atoms with van der Waals surface area (Å²) in [5.74, 6) is -0.0269. The predicted molar refractivity (Wildman–Crippen MR) is 99.6 cm³/mol. The minimum absolute atomic E-state index is 0.152. The Morgan fingerprint density at radius 2 is 2.08 bits per heavy atom. The normalized spacial score (nSPS) is 12.0. The van der Waals surface area contributed by atoms with Crippen molar-refractivity contribution >= 4 is 40.1 Å². The maximum absolute atomic E-state index is 12.5. The molecule has 130 valence electrons. The summed E-state index contributed by atoms with van der Waals surface area (Å²) in [5, 5.41) is 7.52. The van der Waals surface area contributed by atoms with Gasteiger partial charge in [0.05, 0.1) is 17.5 Å². The van der Waals surface area contributed by atoms with Gasteiger partial charge >= 0.3 is 0 Å². The summed E-state index contributed by atoms with van der Waals surface area (Å²) < 4.78 is 0. The Morgan fingerprint density at radius 1 is 1.24 bits per heavy atom. The highest BCUT2D eigenvalue weighted by Gasteiger charge is 2.21. The van der Waals surface area contributed by atoms with E-state index in [9.17, 15) is 9.59 Å². The van der Waals surface area contributed by atoms with Crippen molar-refractivity contribution < 1.29 is 9.59 Å². The summed E-state index contributed by atoms with van der Waals surface area (Å²) in [5.41, 5.74) is 1.64. The highest BCUT2D eigenvalue weighted by molar-refractivity contribution is 7.10. The van der Waals surface area contributed by atoms with Crippen LogP contribution in [-0.2, 0) is 16.0 Å². The van der Waals surface area contributed by atoms with Crippen molar-refractivity contribution in [2.24, 2.45) is 0 Å². The van der Waals surface area contributed by atoms with E-state index in [1.807, 2.05) is 48.7 Å². The molecule has 0 fully saturated rings. The Balaban J connectivity index is 1.64. The quantitative estimate of drug-likeness (QED) is 0.608. The molecule has 2 amide bonds. The molecule has 0 aliphatic rings. The molecule has 0 saturated heterocycles. The van der Waals surface area contributed by atoms with Gasteiger partial charge in [-0.1, -0.05) is 31.5 Å². The van der Waals surface area contributed by atoms with E-state index < -0.39 is 6.04 Å². The van der Waals surface area contributed by atoms with E-state index in [2.05, 4.69) is 20.6 Å². The largest absolute Gasteiger partial charge is 0.344 e. The molecule has 6 nitrogen and oxygen atoms in total. The van der Waals surface area contributed by atoms with Gasteiger partial charge in [0.2, 0.25) is 17.8 Å². The summed E-state index contributed by atoms with van der Waals surface area (Å²) in [4.78, 5) is 33.1. The number of nitrogens with zero attached hydrogens (tertiary/aromatic N) is 1. The van der Waals surface area contributed by atoms with Crippen LogP contribution in [0.1, 0.15) is 24.6 Å². The molecule has 3 aromatic rings. The summed E-state index contributed by atoms with van der Waals surface area (Å²) in [7, 11) is 0. The first-order valence-electron chi connectivity index (χ1n) is 8.23. The molecule has 1 atom stereocenters.